The lowest BCUT2D eigenvalue weighted by molar-refractivity contribution is 0.626. The van der Waals surface area contributed by atoms with E-state index < -0.39 is 0 Å². The first-order valence-electron chi connectivity index (χ1n) is 5.76. The van der Waals surface area contributed by atoms with Crippen LogP contribution in [-0.2, 0) is 0 Å². The number of thioether (sulfide) groups is 1. The van der Waals surface area contributed by atoms with Gasteiger partial charge >= 0.3 is 0 Å². The number of benzene rings is 1. The molecular formula is C13H14FN3OS. The van der Waals surface area contributed by atoms with Crippen molar-refractivity contribution in [1.29, 1.82) is 0 Å². The number of aromatic nitrogens is 2. The maximum Gasteiger partial charge on any atom is 0.251 e. The van der Waals surface area contributed by atoms with Gasteiger partial charge < -0.3 is 10.7 Å². The number of H-pyrrole nitrogens is 1. The van der Waals surface area contributed by atoms with Gasteiger partial charge in [-0.1, -0.05) is 23.9 Å². The average Bonchev–Trinajstić information content (AvgIpc) is 2.36. The maximum absolute atomic E-state index is 12.8. The molecular weight excluding hydrogens is 265 g/mol. The van der Waals surface area contributed by atoms with Crippen molar-refractivity contribution < 1.29 is 4.39 Å². The molecule has 0 radical (unpaired) electrons. The fourth-order valence-corrected chi connectivity index (χ4v) is 2.51. The van der Waals surface area contributed by atoms with Crippen LogP contribution in [0.2, 0.25) is 0 Å². The van der Waals surface area contributed by atoms with Crippen molar-refractivity contribution in [3.8, 4) is 0 Å². The summed E-state index contributed by atoms with van der Waals surface area (Å²) >= 11 is 1.37. The van der Waals surface area contributed by atoms with E-state index in [0.717, 1.165) is 5.56 Å². The molecule has 0 aliphatic heterocycles. The van der Waals surface area contributed by atoms with Gasteiger partial charge in [0.05, 0.1) is 0 Å². The number of aryl methyl sites for hydroxylation is 1. The predicted molar refractivity (Wildman–Crippen MR) is 73.6 cm³/mol. The molecule has 4 nitrogen and oxygen atoms in total. The topological polar surface area (TPSA) is 71.8 Å². The van der Waals surface area contributed by atoms with E-state index in [2.05, 4.69) is 9.97 Å². The first-order chi connectivity index (χ1) is 9.04. The minimum Gasteiger partial charge on any atom is -0.323 e. The van der Waals surface area contributed by atoms with Crippen molar-refractivity contribution in [2.75, 3.05) is 5.75 Å². The number of rotatable bonds is 4. The Labute approximate surface area is 114 Å². The van der Waals surface area contributed by atoms with Crippen LogP contribution in [0.3, 0.4) is 0 Å². The Hall–Kier alpha value is -1.66. The molecule has 0 bridgehead atoms. The SMILES string of the molecule is Cc1cc(=O)[nH]c(SCC(N)c2ccc(F)cc2)n1. The van der Waals surface area contributed by atoms with Crippen molar-refractivity contribution in [1.82, 2.24) is 9.97 Å². The second kappa shape index (κ2) is 5.99. The molecule has 1 heterocycles. The summed E-state index contributed by atoms with van der Waals surface area (Å²) in [5.74, 6) is 0.270. The molecule has 19 heavy (non-hydrogen) atoms. The Morgan fingerprint density at radius 3 is 2.74 bits per heavy atom. The summed E-state index contributed by atoms with van der Waals surface area (Å²) in [6.07, 6.45) is 0. The van der Waals surface area contributed by atoms with E-state index in [1.807, 2.05) is 0 Å². The standard InChI is InChI=1S/C13H14FN3OS/c1-8-6-12(18)17-13(16-8)19-7-11(15)9-2-4-10(14)5-3-9/h2-6,11H,7,15H2,1H3,(H,16,17,18). The maximum atomic E-state index is 12.8. The lowest BCUT2D eigenvalue weighted by Crippen LogP contribution is -2.14. The van der Waals surface area contributed by atoms with Gasteiger partial charge in [0.15, 0.2) is 5.16 Å². The zero-order chi connectivity index (χ0) is 13.8. The smallest absolute Gasteiger partial charge is 0.251 e. The largest absolute Gasteiger partial charge is 0.323 e. The molecule has 0 aliphatic rings. The van der Waals surface area contributed by atoms with Crippen LogP contribution in [0.4, 0.5) is 4.39 Å². The fraction of sp³-hybridized carbons (Fsp3) is 0.231. The van der Waals surface area contributed by atoms with Gasteiger partial charge in [0.25, 0.3) is 5.56 Å². The number of hydrogen-bond acceptors (Lipinski definition) is 4. The summed E-state index contributed by atoms with van der Waals surface area (Å²) < 4.78 is 12.8. The van der Waals surface area contributed by atoms with Gasteiger partial charge in [-0.15, -0.1) is 0 Å². The van der Waals surface area contributed by atoms with Crippen LogP contribution >= 0.6 is 11.8 Å². The molecule has 6 heteroatoms. The number of aromatic amines is 1. The van der Waals surface area contributed by atoms with Crippen LogP contribution in [-0.4, -0.2) is 15.7 Å². The molecule has 100 valence electrons. The molecule has 0 spiro atoms. The van der Waals surface area contributed by atoms with E-state index in [9.17, 15) is 9.18 Å². The molecule has 1 aromatic carbocycles. The van der Waals surface area contributed by atoms with E-state index in [1.54, 1.807) is 19.1 Å². The van der Waals surface area contributed by atoms with Crippen molar-refractivity contribution in [3.05, 3.63) is 57.8 Å². The summed E-state index contributed by atoms with van der Waals surface area (Å²) in [5, 5.41) is 0.544. The quantitative estimate of drug-likeness (QED) is 0.663. The van der Waals surface area contributed by atoms with Crippen LogP contribution in [0, 0.1) is 12.7 Å². The van der Waals surface area contributed by atoms with Gasteiger partial charge in [0.2, 0.25) is 0 Å². The summed E-state index contributed by atoms with van der Waals surface area (Å²) in [6.45, 7) is 1.76. The van der Waals surface area contributed by atoms with Gasteiger partial charge in [-0.25, -0.2) is 9.37 Å². The Morgan fingerprint density at radius 1 is 1.42 bits per heavy atom. The van der Waals surface area contributed by atoms with Crippen molar-refractivity contribution >= 4 is 11.8 Å². The molecule has 1 unspecified atom stereocenters. The minimum atomic E-state index is -0.284. The summed E-state index contributed by atoms with van der Waals surface area (Å²) in [6, 6.07) is 7.28. The van der Waals surface area contributed by atoms with E-state index >= 15 is 0 Å². The first-order valence-corrected chi connectivity index (χ1v) is 6.75. The highest BCUT2D eigenvalue weighted by molar-refractivity contribution is 7.99. The normalized spacial score (nSPS) is 12.4. The van der Waals surface area contributed by atoms with Crippen LogP contribution in [0.15, 0.2) is 40.3 Å². The monoisotopic (exact) mass is 279 g/mol. The molecule has 0 saturated carbocycles. The van der Waals surface area contributed by atoms with Gasteiger partial charge in [0.1, 0.15) is 5.82 Å². The molecule has 2 rings (SSSR count). The third-order valence-corrected chi connectivity index (χ3v) is 3.54. The first kappa shape index (κ1) is 13.8. The zero-order valence-electron chi connectivity index (χ0n) is 10.4. The lowest BCUT2D eigenvalue weighted by atomic mass is 10.1. The predicted octanol–water partition coefficient (Wildman–Crippen LogP) is 2.01. The van der Waals surface area contributed by atoms with Crippen LogP contribution in [0.5, 0.6) is 0 Å². The van der Waals surface area contributed by atoms with Crippen molar-refractivity contribution in [2.45, 2.75) is 18.1 Å². The molecule has 0 saturated heterocycles. The summed E-state index contributed by atoms with van der Waals surface area (Å²) in [5.41, 5.74) is 7.35. The van der Waals surface area contributed by atoms with E-state index in [4.69, 9.17) is 5.73 Å². The van der Waals surface area contributed by atoms with Crippen LogP contribution < -0.4 is 11.3 Å². The molecule has 2 aromatic rings. The Bertz CT molecular complexity index is 612. The second-order valence-corrected chi connectivity index (χ2v) is 5.17. The van der Waals surface area contributed by atoms with Crippen molar-refractivity contribution in [3.63, 3.8) is 0 Å². The summed E-state index contributed by atoms with van der Waals surface area (Å²) in [7, 11) is 0. The van der Waals surface area contributed by atoms with E-state index in [1.165, 1.54) is 30.0 Å². The zero-order valence-corrected chi connectivity index (χ0v) is 11.2. The number of nitrogens with zero attached hydrogens (tertiary/aromatic N) is 1. The molecule has 3 N–H and O–H groups in total. The Balaban J connectivity index is 2.01. The molecule has 0 amide bonds. The van der Waals surface area contributed by atoms with E-state index in [0.29, 0.717) is 16.6 Å². The Morgan fingerprint density at radius 2 is 2.11 bits per heavy atom. The highest BCUT2D eigenvalue weighted by atomic mass is 32.2. The minimum absolute atomic E-state index is 0.176. The summed E-state index contributed by atoms with van der Waals surface area (Å²) in [4.78, 5) is 18.1. The highest BCUT2D eigenvalue weighted by Gasteiger charge is 2.08. The van der Waals surface area contributed by atoms with E-state index in [-0.39, 0.29) is 17.4 Å². The van der Waals surface area contributed by atoms with Gasteiger partial charge in [-0.3, -0.25) is 4.79 Å². The van der Waals surface area contributed by atoms with Crippen molar-refractivity contribution in [2.24, 2.45) is 5.73 Å². The van der Waals surface area contributed by atoms with Gasteiger partial charge in [-0.05, 0) is 24.6 Å². The number of hydrogen-bond donors (Lipinski definition) is 2. The molecule has 1 aromatic heterocycles. The third-order valence-electron chi connectivity index (χ3n) is 2.55. The third kappa shape index (κ3) is 3.90. The molecule has 0 fully saturated rings. The number of nitrogens with two attached hydrogens (primary N) is 1. The second-order valence-electron chi connectivity index (χ2n) is 4.16. The average molecular weight is 279 g/mol. The molecule has 0 aliphatic carbocycles. The van der Waals surface area contributed by atoms with Crippen LogP contribution in [0.1, 0.15) is 17.3 Å². The fourth-order valence-electron chi connectivity index (χ4n) is 1.59. The Kier molecular flexibility index (Phi) is 4.34. The highest BCUT2D eigenvalue weighted by Crippen LogP contribution is 2.20. The number of halogens is 1. The van der Waals surface area contributed by atoms with Gasteiger partial charge in [0, 0.05) is 23.6 Å². The number of nitrogens with one attached hydrogen (secondary N) is 1. The van der Waals surface area contributed by atoms with Crippen LogP contribution in [0.25, 0.3) is 0 Å². The molecule has 1 atom stereocenters. The van der Waals surface area contributed by atoms with Gasteiger partial charge in [-0.2, -0.15) is 0 Å². The lowest BCUT2D eigenvalue weighted by Gasteiger charge is -2.11.